The summed E-state index contributed by atoms with van der Waals surface area (Å²) in [6.07, 6.45) is 0.353. The van der Waals surface area contributed by atoms with Gasteiger partial charge in [0, 0.05) is 34.2 Å². The zero-order chi connectivity index (χ0) is 22.3. The third-order valence-electron chi connectivity index (χ3n) is 4.50. The number of hydrogen-bond acceptors (Lipinski definition) is 3. The second-order valence-corrected chi connectivity index (χ2v) is 10.1. The van der Waals surface area contributed by atoms with Gasteiger partial charge in [-0.3, -0.25) is 9.59 Å². The van der Waals surface area contributed by atoms with Gasteiger partial charge in [0.05, 0.1) is 0 Å². The minimum Gasteiger partial charge on any atom is -0.350 e. The summed E-state index contributed by atoms with van der Waals surface area (Å²) in [6, 6.07) is 15.1. The third-order valence-corrected chi connectivity index (χ3v) is 5.76. The van der Waals surface area contributed by atoms with E-state index in [9.17, 15) is 9.59 Å². The second-order valence-electron chi connectivity index (χ2n) is 8.48. The SMILES string of the molecule is Cc1cccc(CN(C(=O)CCSc2ccc(Cl)cc2)[C@@H](C)C(=O)NC(C)(C)C)c1. The standard InChI is InChI=1S/C24H31ClN2O2S/c1-17-7-6-8-19(15-17)16-27(18(2)23(29)26-24(3,4)5)22(28)13-14-30-21-11-9-20(25)10-12-21/h6-12,15,18H,13-14,16H2,1-5H3,(H,26,29)/t18-/m0/s1. The first-order valence-corrected chi connectivity index (χ1v) is 11.5. The molecule has 30 heavy (non-hydrogen) atoms. The number of hydrogen-bond donors (Lipinski definition) is 1. The van der Waals surface area contributed by atoms with Crippen LogP contribution in [0, 0.1) is 6.92 Å². The smallest absolute Gasteiger partial charge is 0.242 e. The Hall–Kier alpha value is -1.98. The van der Waals surface area contributed by atoms with Gasteiger partial charge in [-0.2, -0.15) is 0 Å². The van der Waals surface area contributed by atoms with Gasteiger partial charge >= 0.3 is 0 Å². The van der Waals surface area contributed by atoms with E-state index in [1.807, 2.05) is 70.2 Å². The predicted molar refractivity (Wildman–Crippen MR) is 126 cm³/mol. The molecule has 6 heteroatoms. The summed E-state index contributed by atoms with van der Waals surface area (Å²) in [5.74, 6) is 0.460. The molecule has 0 aliphatic rings. The first kappa shape index (κ1) is 24.3. The van der Waals surface area contributed by atoms with Crippen LogP contribution in [0.5, 0.6) is 0 Å². The topological polar surface area (TPSA) is 49.4 Å². The zero-order valence-corrected chi connectivity index (χ0v) is 19.9. The molecule has 0 unspecified atom stereocenters. The van der Waals surface area contributed by atoms with Crippen molar-refractivity contribution >= 4 is 35.2 Å². The van der Waals surface area contributed by atoms with Gasteiger partial charge in [-0.15, -0.1) is 11.8 Å². The lowest BCUT2D eigenvalue weighted by atomic mass is 10.1. The van der Waals surface area contributed by atoms with Gasteiger partial charge in [0.2, 0.25) is 11.8 Å². The van der Waals surface area contributed by atoms with Crippen LogP contribution < -0.4 is 5.32 Å². The van der Waals surface area contributed by atoms with E-state index in [4.69, 9.17) is 11.6 Å². The molecule has 0 aliphatic carbocycles. The Morgan fingerprint density at radius 3 is 2.40 bits per heavy atom. The Morgan fingerprint density at radius 2 is 1.80 bits per heavy atom. The predicted octanol–water partition coefficient (Wildman–Crippen LogP) is 5.46. The van der Waals surface area contributed by atoms with Crippen molar-refractivity contribution in [2.24, 2.45) is 0 Å². The lowest BCUT2D eigenvalue weighted by molar-refractivity contribution is -0.140. The number of carbonyl (C=O) groups excluding carboxylic acids is 2. The monoisotopic (exact) mass is 446 g/mol. The number of thioether (sulfide) groups is 1. The Labute approximate surface area is 189 Å². The fourth-order valence-corrected chi connectivity index (χ4v) is 3.96. The van der Waals surface area contributed by atoms with Crippen LogP contribution in [-0.4, -0.2) is 34.0 Å². The van der Waals surface area contributed by atoms with Crippen molar-refractivity contribution in [3.05, 3.63) is 64.7 Å². The van der Waals surface area contributed by atoms with E-state index in [1.165, 1.54) is 0 Å². The van der Waals surface area contributed by atoms with Crippen molar-refractivity contribution in [3.63, 3.8) is 0 Å². The van der Waals surface area contributed by atoms with Crippen LogP contribution in [0.3, 0.4) is 0 Å². The van der Waals surface area contributed by atoms with Crippen molar-refractivity contribution < 1.29 is 9.59 Å². The van der Waals surface area contributed by atoms with Crippen LogP contribution in [0.1, 0.15) is 45.2 Å². The van der Waals surface area contributed by atoms with Gasteiger partial charge in [-0.25, -0.2) is 0 Å². The Bertz CT molecular complexity index is 862. The number of nitrogens with one attached hydrogen (secondary N) is 1. The largest absolute Gasteiger partial charge is 0.350 e. The minimum atomic E-state index is -0.558. The molecule has 0 heterocycles. The molecular formula is C24H31ClN2O2S. The van der Waals surface area contributed by atoms with Crippen molar-refractivity contribution in [1.82, 2.24) is 10.2 Å². The maximum atomic E-state index is 13.1. The molecule has 4 nitrogen and oxygen atoms in total. The van der Waals surface area contributed by atoms with E-state index in [1.54, 1.807) is 23.6 Å². The lowest BCUT2D eigenvalue weighted by Gasteiger charge is -2.31. The highest BCUT2D eigenvalue weighted by atomic mass is 35.5. The number of aryl methyl sites for hydroxylation is 1. The minimum absolute atomic E-state index is 0.0328. The van der Waals surface area contributed by atoms with Gasteiger partial charge in [0.25, 0.3) is 0 Å². The Balaban J connectivity index is 2.09. The lowest BCUT2D eigenvalue weighted by Crippen LogP contribution is -2.52. The summed E-state index contributed by atoms with van der Waals surface area (Å²) in [7, 11) is 0. The van der Waals surface area contributed by atoms with E-state index in [-0.39, 0.29) is 17.4 Å². The van der Waals surface area contributed by atoms with Gasteiger partial charge in [0.15, 0.2) is 0 Å². The van der Waals surface area contributed by atoms with Crippen molar-refractivity contribution in [2.75, 3.05) is 5.75 Å². The number of nitrogens with zero attached hydrogens (tertiary/aromatic N) is 1. The molecule has 0 saturated carbocycles. The Morgan fingerprint density at radius 1 is 1.13 bits per heavy atom. The van der Waals surface area contributed by atoms with Gasteiger partial charge in [0.1, 0.15) is 6.04 Å². The molecule has 0 bridgehead atoms. The zero-order valence-electron chi connectivity index (χ0n) is 18.4. The molecule has 1 N–H and O–H groups in total. The van der Waals surface area contributed by atoms with E-state index in [2.05, 4.69) is 11.4 Å². The molecule has 162 valence electrons. The third kappa shape index (κ3) is 8.04. The summed E-state index contributed by atoms with van der Waals surface area (Å²) in [6.45, 7) is 10.0. The molecule has 2 aromatic rings. The van der Waals surface area contributed by atoms with Crippen molar-refractivity contribution in [2.45, 2.75) is 64.1 Å². The first-order chi connectivity index (χ1) is 14.0. The molecule has 2 rings (SSSR count). The van der Waals surface area contributed by atoms with Crippen LogP contribution in [-0.2, 0) is 16.1 Å². The summed E-state index contributed by atoms with van der Waals surface area (Å²) in [4.78, 5) is 28.6. The highest BCUT2D eigenvalue weighted by Gasteiger charge is 2.28. The molecule has 0 saturated heterocycles. The van der Waals surface area contributed by atoms with Crippen LogP contribution >= 0.6 is 23.4 Å². The van der Waals surface area contributed by atoms with E-state index >= 15 is 0 Å². The average Bonchev–Trinajstić information content (AvgIpc) is 2.65. The molecule has 0 fully saturated rings. The van der Waals surface area contributed by atoms with Gasteiger partial charge < -0.3 is 10.2 Å². The van der Waals surface area contributed by atoms with Gasteiger partial charge in [-0.1, -0.05) is 41.4 Å². The maximum absolute atomic E-state index is 13.1. The van der Waals surface area contributed by atoms with Crippen LogP contribution in [0.25, 0.3) is 0 Å². The van der Waals surface area contributed by atoms with Crippen molar-refractivity contribution in [3.8, 4) is 0 Å². The van der Waals surface area contributed by atoms with E-state index in [0.717, 1.165) is 16.0 Å². The summed E-state index contributed by atoms with van der Waals surface area (Å²) in [5, 5.41) is 3.68. The van der Waals surface area contributed by atoms with E-state index in [0.29, 0.717) is 23.7 Å². The normalized spacial score (nSPS) is 12.3. The molecule has 1 atom stereocenters. The number of benzene rings is 2. The number of amides is 2. The van der Waals surface area contributed by atoms with Crippen LogP contribution in [0.2, 0.25) is 5.02 Å². The first-order valence-electron chi connectivity index (χ1n) is 10.1. The van der Waals surface area contributed by atoms with Gasteiger partial charge in [-0.05, 0) is 64.4 Å². The fraction of sp³-hybridized carbons (Fsp3) is 0.417. The summed E-state index contributed by atoms with van der Waals surface area (Å²) < 4.78 is 0. The molecule has 0 spiro atoms. The summed E-state index contributed by atoms with van der Waals surface area (Å²) in [5.41, 5.74) is 1.79. The molecule has 0 aliphatic heterocycles. The molecule has 2 aromatic carbocycles. The molecule has 2 amide bonds. The van der Waals surface area contributed by atoms with Crippen LogP contribution in [0.4, 0.5) is 0 Å². The molecule has 0 aromatic heterocycles. The highest BCUT2D eigenvalue weighted by molar-refractivity contribution is 7.99. The Kier molecular flexibility index (Phi) is 8.80. The summed E-state index contributed by atoms with van der Waals surface area (Å²) >= 11 is 7.54. The van der Waals surface area contributed by atoms with Crippen molar-refractivity contribution in [1.29, 1.82) is 0 Å². The quantitative estimate of drug-likeness (QED) is 0.547. The maximum Gasteiger partial charge on any atom is 0.242 e. The number of rotatable bonds is 8. The highest BCUT2D eigenvalue weighted by Crippen LogP contribution is 2.22. The van der Waals surface area contributed by atoms with E-state index < -0.39 is 6.04 Å². The average molecular weight is 447 g/mol. The molecule has 0 radical (unpaired) electrons. The second kappa shape index (κ2) is 10.9. The number of halogens is 1. The molecular weight excluding hydrogens is 416 g/mol. The number of carbonyl (C=O) groups is 2. The fourth-order valence-electron chi connectivity index (χ4n) is 2.99. The van der Waals surface area contributed by atoms with Crippen LogP contribution in [0.15, 0.2) is 53.4 Å².